The summed E-state index contributed by atoms with van der Waals surface area (Å²) in [5.41, 5.74) is 7.14. The summed E-state index contributed by atoms with van der Waals surface area (Å²) in [4.78, 5) is 11.9. The number of amides is 1. The van der Waals surface area contributed by atoms with Gasteiger partial charge in [-0.1, -0.05) is 15.9 Å². The van der Waals surface area contributed by atoms with Gasteiger partial charge in [0.05, 0.1) is 34.0 Å². The molecule has 0 radical (unpaired) electrons. The molecule has 0 aromatic heterocycles. The van der Waals surface area contributed by atoms with Crippen LogP contribution in [0.4, 0.5) is 0 Å². The van der Waals surface area contributed by atoms with Gasteiger partial charge >= 0.3 is 0 Å². The lowest BCUT2D eigenvalue weighted by Crippen LogP contribution is -2.13. The van der Waals surface area contributed by atoms with Crippen LogP contribution in [-0.2, 0) is 0 Å². The SMILES string of the molecule is COc1cc(Br)c(-c2cc(OC)c(OC)cc2C(N)=O)cc1OC. The molecule has 24 heavy (non-hydrogen) atoms. The van der Waals surface area contributed by atoms with Gasteiger partial charge in [0.2, 0.25) is 5.91 Å². The van der Waals surface area contributed by atoms with Crippen molar-refractivity contribution in [1.82, 2.24) is 0 Å². The van der Waals surface area contributed by atoms with Gasteiger partial charge in [-0.25, -0.2) is 0 Å². The minimum atomic E-state index is -0.576. The Kier molecular flexibility index (Phi) is 5.56. The highest BCUT2D eigenvalue weighted by Gasteiger charge is 2.20. The minimum Gasteiger partial charge on any atom is -0.493 e. The molecule has 0 aliphatic carbocycles. The van der Waals surface area contributed by atoms with Crippen LogP contribution in [0.25, 0.3) is 11.1 Å². The molecule has 6 nitrogen and oxygen atoms in total. The van der Waals surface area contributed by atoms with E-state index in [0.717, 1.165) is 4.47 Å². The van der Waals surface area contributed by atoms with Crippen molar-refractivity contribution in [3.8, 4) is 34.1 Å². The Labute approximate surface area is 148 Å². The molecule has 0 unspecified atom stereocenters. The first-order valence-corrected chi connectivity index (χ1v) is 7.73. The maximum atomic E-state index is 11.9. The Morgan fingerprint density at radius 2 is 1.21 bits per heavy atom. The first-order valence-electron chi connectivity index (χ1n) is 6.94. The van der Waals surface area contributed by atoms with Crippen molar-refractivity contribution in [3.63, 3.8) is 0 Å². The van der Waals surface area contributed by atoms with Crippen LogP contribution in [0.1, 0.15) is 10.4 Å². The number of halogens is 1. The molecule has 0 saturated carbocycles. The van der Waals surface area contributed by atoms with Crippen LogP contribution >= 0.6 is 15.9 Å². The lowest BCUT2D eigenvalue weighted by atomic mass is 9.97. The molecule has 0 atom stereocenters. The molecule has 2 N–H and O–H groups in total. The highest BCUT2D eigenvalue weighted by atomic mass is 79.9. The third kappa shape index (κ3) is 3.26. The van der Waals surface area contributed by atoms with Crippen LogP contribution in [0.5, 0.6) is 23.0 Å². The van der Waals surface area contributed by atoms with Gasteiger partial charge in [0.15, 0.2) is 23.0 Å². The molecule has 0 aliphatic heterocycles. The monoisotopic (exact) mass is 395 g/mol. The molecule has 0 heterocycles. The molecule has 0 spiro atoms. The summed E-state index contributed by atoms with van der Waals surface area (Å²) in [6.07, 6.45) is 0. The maximum absolute atomic E-state index is 11.9. The Morgan fingerprint density at radius 1 is 0.792 bits per heavy atom. The number of carbonyl (C=O) groups is 1. The summed E-state index contributed by atoms with van der Waals surface area (Å²) in [5.74, 6) is 1.42. The zero-order chi connectivity index (χ0) is 17.9. The van der Waals surface area contributed by atoms with Gasteiger partial charge in [0.1, 0.15) is 0 Å². The number of hydrogen-bond donors (Lipinski definition) is 1. The van der Waals surface area contributed by atoms with E-state index in [1.54, 1.807) is 38.5 Å². The summed E-state index contributed by atoms with van der Waals surface area (Å²) in [6.45, 7) is 0. The molecule has 2 rings (SSSR count). The largest absolute Gasteiger partial charge is 0.493 e. The highest BCUT2D eigenvalue weighted by Crippen LogP contribution is 2.42. The summed E-state index contributed by atoms with van der Waals surface area (Å²) >= 11 is 3.49. The predicted octanol–water partition coefficient (Wildman–Crippen LogP) is 3.25. The Bertz CT molecular complexity index is 776. The second kappa shape index (κ2) is 7.44. The lowest BCUT2D eigenvalue weighted by molar-refractivity contribution is 0.100. The van der Waals surface area contributed by atoms with E-state index in [1.807, 2.05) is 0 Å². The first-order chi connectivity index (χ1) is 11.5. The minimum absolute atomic E-state index is 0.306. The molecule has 0 fully saturated rings. The fourth-order valence-electron chi connectivity index (χ4n) is 2.37. The van der Waals surface area contributed by atoms with Gasteiger partial charge in [-0.3, -0.25) is 4.79 Å². The number of carbonyl (C=O) groups excluding carboxylic acids is 1. The molecule has 0 aliphatic rings. The average molecular weight is 396 g/mol. The van der Waals surface area contributed by atoms with Crippen molar-refractivity contribution in [2.75, 3.05) is 28.4 Å². The van der Waals surface area contributed by atoms with E-state index < -0.39 is 5.91 Å². The number of benzene rings is 2. The summed E-state index contributed by atoms with van der Waals surface area (Å²) < 4.78 is 21.9. The van der Waals surface area contributed by atoms with Crippen LogP contribution in [0.15, 0.2) is 28.7 Å². The molecular formula is C17H18BrNO5. The topological polar surface area (TPSA) is 80.0 Å². The number of nitrogens with two attached hydrogens (primary N) is 1. The van der Waals surface area contributed by atoms with E-state index in [2.05, 4.69) is 15.9 Å². The normalized spacial score (nSPS) is 10.2. The molecule has 2 aromatic carbocycles. The van der Waals surface area contributed by atoms with Crippen LogP contribution in [-0.4, -0.2) is 34.3 Å². The molecule has 0 saturated heterocycles. The van der Waals surface area contributed by atoms with Crippen molar-refractivity contribution in [2.45, 2.75) is 0 Å². The Morgan fingerprint density at radius 3 is 1.67 bits per heavy atom. The van der Waals surface area contributed by atoms with Gasteiger partial charge in [-0.15, -0.1) is 0 Å². The molecule has 1 amide bonds. The molecule has 2 aromatic rings. The number of rotatable bonds is 6. The summed E-state index contributed by atoms with van der Waals surface area (Å²) in [7, 11) is 6.11. The predicted molar refractivity (Wildman–Crippen MR) is 94.3 cm³/mol. The number of hydrogen-bond acceptors (Lipinski definition) is 5. The van der Waals surface area contributed by atoms with Crippen molar-refractivity contribution in [1.29, 1.82) is 0 Å². The van der Waals surface area contributed by atoms with E-state index in [4.69, 9.17) is 24.7 Å². The van der Waals surface area contributed by atoms with Crippen LogP contribution in [0, 0.1) is 0 Å². The van der Waals surface area contributed by atoms with Gasteiger partial charge in [-0.05, 0) is 29.8 Å². The Balaban J connectivity index is 2.78. The van der Waals surface area contributed by atoms with Crippen molar-refractivity contribution in [2.24, 2.45) is 5.73 Å². The lowest BCUT2D eigenvalue weighted by Gasteiger charge is -2.16. The second-order valence-electron chi connectivity index (χ2n) is 4.80. The summed E-state index contributed by atoms with van der Waals surface area (Å²) in [5, 5.41) is 0. The van der Waals surface area contributed by atoms with Crippen molar-refractivity contribution < 1.29 is 23.7 Å². The standard InChI is InChI=1S/C17H18BrNO5/c1-21-13-5-9(11(17(19)20)7-15(13)23-3)10-6-14(22-2)16(24-4)8-12(10)18/h5-8H,1-4H3,(H2,19,20). The third-order valence-corrected chi connectivity index (χ3v) is 4.21. The molecule has 7 heteroatoms. The number of primary amides is 1. The number of ether oxygens (including phenoxy) is 4. The molecule has 128 valence electrons. The van der Waals surface area contributed by atoms with E-state index >= 15 is 0 Å². The van der Waals surface area contributed by atoms with E-state index in [1.165, 1.54) is 14.2 Å². The van der Waals surface area contributed by atoms with Gasteiger partial charge in [-0.2, -0.15) is 0 Å². The smallest absolute Gasteiger partial charge is 0.249 e. The molecular weight excluding hydrogens is 378 g/mol. The maximum Gasteiger partial charge on any atom is 0.249 e. The zero-order valence-electron chi connectivity index (χ0n) is 13.8. The van der Waals surface area contributed by atoms with Crippen LogP contribution < -0.4 is 24.7 Å². The quantitative estimate of drug-likeness (QED) is 0.811. The molecule has 0 bridgehead atoms. The Hall–Kier alpha value is -2.41. The van der Waals surface area contributed by atoms with Crippen molar-refractivity contribution in [3.05, 3.63) is 34.3 Å². The van der Waals surface area contributed by atoms with Crippen LogP contribution in [0.3, 0.4) is 0 Å². The van der Waals surface area contributed by atoms with Gasteiger partial charge in [0, 0.05) is 10.0 Å². The third-order valence-electron chi connectivity index (χ3n) is 3.55. The average Bonchev–Trinajstić information content (AvgIpc) is 2.59. The summed E-state index contributed by atoms with van der Waals surface area (Å²) in [6, 6.07) is 6.77. The highest BCUT2D eigenvalue weighted by molar-refractivity contribution is 9.10. The first kappa shape index (κ1) is 17.9. The fraction of sp³-hybridized carbons (Fsp3) is 0.235. The van der Waals surface area contributed by atoms with Crippen LogP contribution in [0.2, 0.25) is 0 Å². The van der Waals surface area contributed by atoms with E-state index in [9.17, 15) is 4.79 Å². The van der Waals surface area contributed by atoms with E-state index in [-0.39, 0.29) is 0 Å². The van der Waals surface area contributed by atoms with E-state index in [0.29, 0.717) is 39.7 Å². The second-order valence-corrected chi connectivity index (χ2v) is 5.66. The fourth-order valence-corrected chi connectivity index (χ4v) is 2.90. The van der Waals surface area contributed by atoms with Gasteiger partial charge in [0.25, 0.3) is 0 Å². The zero-order valence-corrected chi connectivity index (χ0v) is 15.4. The number of methoxy groups -OCH3 is 4. The van der Waals surface area contributed by atoms with Crippen molar-refractivity contribution >= 4 is 21.8 Å². The van der Waals surface area contributed by atoms with Gasteiger partial charge < -0.3 is 24.7 Å².